The van der Waals surface area contributed by atoms with Crippen LogP contribution in [0, 0.1) is 27.7 Å². The van der Waals surface area contributed by atoms with Gasteiger partial charge in [-0.05, 0) is 70.9 Å². The molecular formula is C20H26N2O3. The van der Waals surface area contributed by atoms with Gasteiger partial charge < -0.3 is 15.0 Å². The summed E-state index contributed by atoms with van der Waals surface area (Å²) in [5, 5.41) is 2.85. The van der Waals surface area contributed by atoms with Crippen LogP contribution >= 0.6 is 0 Å². The molecule has 2 N–H and O–H groups in total. The molecule has 0 spiro atoms. The van der Waals surface area contributed by atoms with Gasteiger partial charge in [0.1, 0.15) is 5.75 Å². The number of pyridine rings is 1. The number of nitrogens with one attached hydrogen (secondary N) is 2. The zero-order valence-electron chi connectivity index (χ0n) is 15.7. The van der Waals surface area contributed by atoms with Crippen molar-refractivity contribution >= 4 is 5.91 Å². The standard InChI is InChI=1S/C20H26N2O3/c1-11(2)25-18-8-12(3)7-16(15(18)6)19(23)21-10-17-13(4)9-14(5)22-20(17)24/h7-9,11H,10H2,1-6H3,(H,21,23)(H,22,24). The van der Waals surface area contributed by atoms with Crippen LogP contribution < -0.4 is 15.6 Å². The Labute approximate surface area is 148 Å². The van der Waals surface area contributed by atoms with Crippen molar-refractivity contribution in [1.29, 1.82) is 0 Å². The minimum Gasteiger partial charge on any atom is -0.491 e. The predicted octanol–water partition coefficient (Wildman–Crippen LogP) is 3.33. The average molecular weight is 342 g/mol. The van der Waals surface area contributed by atoms with E-state index < -0.39 is 0 Å². The maximum atomic E-state index is 12.6. The molecule has 1 aromatic carbocycles. The summed E-state index contributed by atoms with van der Waals surface area (Å²) in [5.74, 6) is 0.499. The summed E-state index contributed by atoms with van der Waals surface area (Å²) in [4.78, 5) is 27.5. The van der Waals surface area contributed by atoms with Gasteiger partial charge in [-0.2, -0.15) is 0 Å². The first-order chi connectivity index (χ1) is 11.7. The first-order valence-corrected chi connectivity index (χ1v) is 8.44. The summed E-state index contributed by atoms with van der Waals surface area (Å²) < 4.78 is 5.80. The Kier molecular flexibility index (Phi) is 5.67. The van der Waals surface area contributed by atoms with Gasteiger partial charge in [0.2, 0.25) is 0 Å². The van der Waals surface area contributed by atoms with Gasteiger partial charge in [-0.1, -0.05) is 0 Å². The SMILES string of the molecule is Cc1cc(OC(C)C)c(C)c(C(=O)NCc2c(C)cc(C)[nH]c2=O)c1. The van der Waals surface area contributed by atoms with Crippen LogP contribution in [0.15, 0.2) is 23.0 Å². The van der Waals surface area contributed by atoms with Gasteiger partial charge in [0.05, 0.1) is 6.10 Å². The molecule has 0 aliphatic heterocycles. The van der Waals surface area contributed by atoms with E-state index >= 15 is 0 Å². The van der Waals surface area contributed by atoms with Crippen LogP contribution in [0.5, 0.6) is 5.75 Å². The Hall–Kier alpha value is -2.56. The number of ether oxygens (including phenoxy) is 1. The van der Waals surface area contributed by atoms with Crippen molar-refractivity contribution in [2.24, 2.45) is 0 Å². The van der Waals surface area contributed by atoms with Crippen molar-refractivity contribution in [2.75, 3.05) is 0 Å². The fraction of sp³-hybridized carbons (Fsp3) is 0.400. The number of amides is 1. The number of rotatable bonds is 5. The van der Waals surface area contributed by atoms with Crippen LogP contribution in [-0.4, -0.2) is 17.0 Å². The molecule has 2 rings (SSSR count). The molecule has 0 atom stereocenters. The highest BCUT2D eigenvalue weighted by atomic mass is 16.5. The molecule has 5 heteroatoms. The number of carbonyl (C=O) groups excluding carboxylic acids is 1. The molecule has 0 aliphatic rings. The third-order valence-electron chi connectivity index (χ3n) is 4.03. The molecule has 0 bridgehead atoms. The Morgan fingerprint density at radius 3 is 2.44 bits per heavy atom. The molecule has 25 heavy (non-hydrogen) atoms. The quantitative estimate of drug-likeness (QED) is 0.875. The maximum absolute atomic E-state index is 12.6. The number of H-pyrrole nitrogens is 1. The van der Waals surface area contributed by atoms with E-state index in [-0.39, 0.29) is 24.1 Å². The van der Waals surface area contributed by atoms with Crippen LogP contribution in [0.2, 0.25) is 0 Å². The monoisotopic (exact) mass is 342 g/mol. The maximum Gasteiger partial charge on any atom is 0.253 e. The fourth-order valence-electron chi connectivity index (χ4n) is 2.80. The molecule has 5 nitrogen and oxygen atoms in total. The lowest BCUT2D eigenvalue weighted by atomic mass is 10.0. The molecule has 1 heterocycles. The van der Waals surface area contributed by atoms with Gasteiger partial charge in [-0.15, -0.1) is 0 Å². The first kappa shape index (κ1) is 18.8. The summed E-state index contributed by atoms with van der Waals surface area (Å²) in [7, 11) is 0. The van der Waals surface area contributed by atoms with E-state index in [1.807, 2.05) is 59.7 Å². The lowest BCUT2D eigenvalue weighted by Crippen LogP contribution is -2.28. The van der Waals surface area contributed by atoms with Crippen LogP contribution in [0.4, 0.5) is 0 Å². The number of aromatic nitrogens is 1. The van der Waals surface area contributed by atoms with Crippen LogP contribution in [0.25, 0.3) is 0 Å². The summed E-state index contributed by atoms with van der Waals surface area (Å²) in [6, 6.07) is 5.67. The third kappa shape index (κ3) is 4.50. The minimum atomic E-state index is -0.214. The van der Waals surface area contributed by atoms with E-state index in [4.69, 9.17) is 4.74 Å². The van der Waals surface area contributed by atoms with Gasteiger partial charge in [0.15, 0.2) is 0 Å². The van der Waals surface area contributed by atoms with E-state index in [9.17, 15) is 9.59 Å². The Bertz CT molecular complexity index is 851. The van der Waals surface area contributed by atoms with Gasteiger partial charge in [-0.3, -0.25) is 9.59 Å². The van der Waals surface area contributed by atoms with E-state index in [0.29, 0.717) is 16.9 Å². The Morgan fingerprint density at radius 2 is 1.84 bits per heavy atom. The zero-order chi connectivity index (χ0) is 18.7. The van der Waals surface area contributed by atoms with Crippen molar-refractivity contribution in [1.82, 2.24) is 10.3 Å². The number of hydrogen-bond acceptors (Lipinski definition) is 3. The van der Waals surface area contributed by atoms with Crippen LogP contribution in [0.3, 0.4) is 0 Å². The zero-order valence-corrected chi connectivity index (χ0v) is 15.7. The van der Waals surface area contributed by atoms with Crippen LogP contribution in [-0.2, 0) is 6.54 Å². The lowest BCUT2D eigenvalue weighted by Gasteiger charge is -2.16. The molecule has 0 saturated carbocycles. The molecule has 0 radical (unpaired) electrons. The molecule has 134 valence electrons. The molecule has 0 aliphatic carbocycles. The van der Waals surface area contributed by atoms with Gasteiger partial charge in [0.25, 0.3) is 11.5 Å². The number of benzene rings is 1. The van der Waals surface area contributed by atoms with E-state index in [1.165, 1.54) is 0 Å². The first-order valence-electron chi connectivity index (χ1n) is 8.44. The fourth-order valence-corrected chi connectivity index (χ4v) is 2.80. The highest BCUT2D eigenvalue weighted by Gasteiger charge is 2.15. The Morgan fingerprint density at radius 1 is 1.16 bits per heavy atom. The van der Waals surface area contributed by atoms with Crippen molar-refractivity contribution in [3.05, 3.63) is 62.1 Å². The van der Waals surface area contributed by atoms with Crippen molar-refractivity contribution in [2.45, 2.75) is 54.2 Å². The topological polar surface area (TPSA) is 71.2 Å². The van der Waals surface area contributed by atoms with Crippen molar-refractivity contribution in [3.63, 3.8) is 0 Å². The average Bonchev–Trinajstić information content (AvgIpc) is 2.48. The lowest BCUT2D eigenvalue weighted by molar-refractivity contribution is 0.0949. The summed E-state index contributed by atoms with van der Waals surface area (Å²) >= 11 is 0. The predicted molar refractivity (Wildman–Crippen MR) is 99.4 cm³/mol. The second-order valence-electron chi connectivity index (χ2n) is 6.73. The van der Waals surface area contributed by atoms with Gasteiger partial charge >= 0.3 is 0 Å². The summed E-state index contributed by atoms with van der Waals surface area (Å²) in [6.45, 7) is 11.6. The van der Waals surface area contributed by atoms with E-state index in [0.717, 1.165) is 22.4 Å². The van der Waals surface area contributed by atoms with Gasteiger partial charge in [-0.25, -0.2) is 0 Å². The summed E-state index contributed by atoms with van der Waals surface area (Å²) in [6.07, 6.45) is 0.0326. The van der Waals surface area contributed by atoms with Gasteiger partial charge in [0, 0.05) is 28.9 Å². The molecule has 0 saturated heterocycles. The highest BCUT2D eigenvalue weighted by Crippen LogP contribution is 2.25. The van der Waals surface area contributed by atoms with Crippen LogP contribution in [0.1, 0.15) is 52.2 Å². The van der Waals surface area contributed by atoms with Crippen molar-refractivity contribution < 1.29 is 9.53 Å². The minimum absolute atomic E-state index is 0.0326. The number of hydrogen-bond donors (Lipinski definition) is 2. The normalized spacial score (nSPS) is 10.8. The molecule has 1 amide bonds. The summed E-state index contributed by atoms with van der Waals surface area (Å²) in [5.41, 5.74) is 4.40. The second-order valence-corrected chi connectivity index (χ2v) is 6.73. The Balaban J connectivity index is 2.25. The largest absolute Gasteiger partial charge is 0.491 e. The molecule has 2 aromatic rings. The molecule has 1 aromatic heterocycles. The van der Waals surface area contributed by atoms with E-state index in [1.54, 1.807) is 0 Å². The second kappa shape index (κ2) is 7.55. The molecular weight excluding hydrogens is 316 g/mol. The number of carbonyl (C=O) groups is 1. The highest BCUT2D eigenvalue weighted by molar-refractivity contribution is 5.96. The van der Waals surface area contributed by atoms with E-state index in [2.05, 4.69) is 10.3 Å². The third-order valence-corrected chi connectivity index (χ3v) is 4.03. The molecule has 0 fully saturated rings. The van der Waals surface area contributed by atoms with Crippen molar-refractivity contribution in [3.8, 4) is 5.75 Å². The number of aromatic amines is 1. The number of aryl methyl sites for hydroxylation is 3. The smallest absolute Gasteiger partial charge is 0.253 e. The molecule has 0 unspecified atom stereocenters.